The van der Waals surface area contributed by atoms with Crippen molar-refractivity contribution >= 4 is 21.4 Å². The van der Waals surface area contributed by atoms with Gasteiger partial charge in [0.25, 0.3) is 0 Å². The van der Waals surface area contributed by atoms with Crippen molar-refractivity contribution in [3.05, 3.63) is 28.1 Å². The van der Waals surface area contributed by atoms with E-state index in [1.165, 1.54) is 4.31 Å². The van der Waals surface area contributed by atoms with Gasteiger partial charge in [-0.15, -0.1) is 21.5 Å². The maximum Gasteiger partial charge on any atom is 0.425 e. The molecular formula is C13H12F3N3O3S2. The number of sulfonamides is 1. The van der Waals surface area contributed by atoms with Crippen molar-refractivity contribution in [1.29, 1.82) is 0 Å². The zero-order valence-electron chi connectivity index (χ0n) is 12.4. The zero-order chi connectivity index (χ0) is 17.3. The molecule has 2 bridgehead atoms. The van der Waals surface area contributed by atoms with E-state index in [9.17, 15) is 21.6 Å². The number of hydrogen-bond acceptors (Lipinski definition) is 6. The number of thiophene rings is 1. The van der Waals surface area contributed by atoms with Crippen molar-refractivity contribution in [1.82, 2.24) is 14.5 Å². The molecule has 3 fully saturated rings. The molecule has 0 radical (unpaired) electrons. The SMILES string of the molecule is Cc1nnc(C23CC(CN2S(=O)(=O)c2csc(C(F)(F)F)c2)C3)o1. The topological polar surface area (TPSA) is 76.3 Å². The number of fused-ring (bicyclic) bond motifs is 1. The first-order valence-electron chi connectivity index (χ1n) is 7.12. The van der Waals surface area contributed by atoms with Crippen LogP contribution in [0.2, 0.25) is 0 Å². The number of aromatic nitrogens is 2. The van der Waals surface area contributed by atoms with Gasteiger partial charge in [0.1, 0.15) is 10.4 Å². The molecule has 0 amide bonds. The van der Waals surface area contributed by atoms with Crippen LogP contribution in [0.3, 0.4) is 0 Å². The zero-order valence-corrected chi connectivity index (χ0v) is 14.0. The van der Waals surface area contributed by atoms with Crippen LogP contribution in [0, 0.1) is 12.8 Å². The quantitative estimate of drug-likeness (QED) is 0.820. The van der Waals surface area contributed by atoms with E-state index in [2.05, 4.69) is 10.2 Å². The van der Waals surface area contributed by atoms with Gasteiger partial charge in [0.05, 0.1) is 4.90 Å². The molecule has 5 rings (SSSR count). The Hall–Kier alpha value is -1.46. The average Bonchev–Trinajstić information content (AvgIpc) is 3.18. The van der Waals surface area contributed by atoms with Crippen LogP contribution in [0.4, 0.5) is 13.2 Å². The number of hydrogen-bond donors (Lipinski definition) is 0. The summed E-state index contributed by atoms with van der Waals surface area (Å²) in [6.07, 6.45) is -3.47. The van der Waals surface area contributed by atoms with E-state index < -0.39 is 26.6 Å². The molecule has 0 atom stereocenters. The summed E-state index contributed by atoms with van der Waals surface area (Å²) < 4.78 is 70.7. The highest BCUT2D eigenvalue weighted by atomic mass is 32.2. The smallest absolute Gasteiger partial charge is 0.424 e. The molecular weight excluding hydrogens is 367 g/mol. The van der Waals surface area contributed by atoms with E-state index in [1.54, 1.807) is 6.92 Å². The predicted octanol–water partition coefficient (Wildman–Crippen LogP) is 2.77. The first kappa shape index (κ1) is 16.0. The Balaban J connectivity index is 1.73. The molecule has 0 N–H and O–H groups in total. The summed E-state index contributed by atoms with van der Waals surface area (Å²) in [5, 5.41) is 8.71. The van der Waals surface area contributed by atoms with Gasteiger partial charge in [0.2, 0.25) is 21.8 Å². The van der Waals surface area contributed by atoms with Crippen molar-refractivity contribution in [2.75, 3.05) is 6.54 Å². The molecule has 1 saturated carbocycles. The summed E-state index contributed by atoms with van der Waals surface area (Å²) in [7, 11) is -4.07. The second-order valence-corrected chi connectivity index (χ2v) is 8.89. The van der Waals surface area contributed by atoms with E-state index in [1.807, 2.05) is 0 Å². The maximum atomic E-state index is 12.9. The molecule has 2 saturated heterocycles. The number of halogens is 3. The summed E-state index contributed by atoms with van der Waals surface area (Å²) in [6, 6.07) is 0.683. The Kier molecular flexibility index (Phi) is 3.20. The summed E-state index contributed by atoms with van der Waals surface area (Å²) >= 11 is 0.374. The van der Waals surface area contributed by atoms with Crippen LogP contribution in [-0.4, -0.2) is 29.5 Å². The molecule has 0 spiro atoms. The molecule has 3 aliphatic rings. The fourth-order valence-electron chi connectivity index (χ4n) is 3.46. The van der Waals surface area contributed by atoms with Crippen LogP contribution < -0.4 is 0 Å². The van der Waals surface area contributed by atoms with Gasteiger partial charge in [0.15, 0.2) is 0 Å². The van der Waals surface area contributed by atoms with Gasteiger partial charge in [-0.3, -0.25) is 0 Å². The van der Waals surface area contributed by atoms with Crippen molar-refractivity contribution in [2.24, 2.45) is 5.92 Å². The van der Waals surface area contributed by atoms with Gasteiger partial charge in [-0.05, 0) is 24.8 Å². The third kappa shape index (κ3) is 2.14. The minimum absolute atomic E-state index is 0.160. The lowest BCUT2D eigenvalue weighted by atomic mass is 9.73. The van der Waals surface area contributed by atoms with Crippen LogP contribution in [-0.2, 0) is 21.7 Å². The summed E-state index contributed by atoms with van der Waals surface area (Å²) in [5.74, 6) is 0.693. The largest absolute Gasteiger partial charge is 0.425 e. The van der Waals surface area contributed by atoms with E-state index in [4.69, 9.17) is 4.42 Å². The van der Waals surface area contributed by atoms with Crippen LogP contribution in [0.25, 0.3) is 0 Å². The fourth-order valence-corrected chi connectivity index (χ4v) is 6.42. The third-order valence-electron chi connectivity index (χ3n) is 4.52. The first-order chi connectivity index (χ1) is 11.1. The average molecular weight is 379 g/mol. The van der Waals surface area contributed by atoms with Crippen LogP contribution in [0.15, 0.2) is 20.8 Å². The molecule has 130 valence electrons. The molecule has 1 aliphatic carbocycles. The van der Waals surface area contributed by atoms with Crippen molar-refractivity contribution < 1.29 is 26.0 Å². The highest BCUT2D eigenvalue weighted by molar-refractivity contribution is 7.89. The number of alkyl halides is 3. The van der Waals surface area contributed by atoms with Gasteiger partial charge >= 0.3 is 6.18 Å². The second-order valence-electron chi connectivity index (χ2n) is 6.11. The van der Waals surface area contributed by atoms with E-state index in [0.29, 0.717) is 36.1 Å². The molecule has 4 heterocycles. The van der Waals surface area contributed by atoms with Crippen LogP contribution >= 0.6 is 11.3 Å². The van der Waals surface area contributed by atoms with Crippen molar-refractivity contribution in [3.8, 4) is 0 Å². The molecule has 2 aliphatic heterocycles. The minimum Gasteiger partial charge on any atom is -0.424 e. The van der Waals surface area contributed by atoms with Gasteiger partial charge in [-0.25, -0.2) is 8.42 Å². The number of rotatable bonds is 3. The lowest BCUT2D eigenvalue weighted by molar-refractivity contribution is -0.134. The Morgan fingerprint density at radius 2 is 2.08 bits per heavy atom. The van der Waals surface area contributed by atoms with Gasteiger partial charge < -0.3 is 4.42 Å². The lowest BCUT2D eigenvalue weighted by Crippen LogP contribution is -2.45. The molecule has 11 heteroatoms. The standard InChI is InChI=1S/C13H12F3N3O3S2/c1-7-17-18-11(22-7)12-3-8(4-12)5-19(12)24(20,21)9-2-10(23-6-9)13(14,15)16/h2,6,8H,3-5H2,1H3. The Morgan fingerprint density at radius 1 is 1.38 bits per heavy atom. The van der Waals surface area contributed by atoms with Gasteiger partial charge in [-0.1, -0.05) is 0 Å². The molecule has 2 aromatic rings. The predicted molar refractivity (Wildman–Crippen MR) is 76.6 cm³/mol. The monoisotopic (exact) mass is 379 g/mol. The highest BCUT2D eigenvalue weighted by Crippen LogP contribution is 2.58. The Labute approximate surface area is 139 Å². The van der Waals surface area contributed by atoms with Crippen LogP contribution in [0.5, 0.6) is 0 Å². The third-order valence-corrected chi connectivity index (χ3v) is 7.56. The molecule has 0 aromatic carbocycles. The minimum atomic E-state index is -4.56. The first-order valence-corrected chi connectivity index (χ1v) is 9.44. The molecule has 2 aromatic heterocycles. The fraction of sp³-hybridized carbons (Fsp3) is 0.538. The number of aryl methyl sites for hydroxylation is 1. The van der Waals surface area contributed by atoms with Crippen LogP contribution in [0.1, 0.15) is 29.5 Å². The number of nitrogens with zero attached hydrogens (tertiary/aromatic N) is 3. The summed E-state index contributed by atoms with van der Waals surface area (Å²) in [4.78, 5) is -1.28. The Morgan fingerprint density at radius 3 is 2.62 bits per heavy atom. The van der Waals surface area contributed by atoms with E-state index >= 15 is 0 Å². The highest BCUT2D eigenvalue weighted by Gasteiger charge is 2.64. The second kappa shape index (κ2) is 4.79. The van der Waals surface area contributed by atoms with Gasteiger partial charge in [0, 0.05) is 18.8 Å². The van der Waals surface area contributed by atoms with E-state index in [0.717, 1.165) is 5.38 Å². The maximum absolute atomic E-state index is 12.9. The van der Waals surface area contributed by atoms with Gasteiger partial charge in [-0.2, -0.15) is 17.5 Å². The molecule has 0 unspecified atom stereocenters. The lowest BCUT2D eigenvalue weighted by Gasteiger charge is -2.38. The van der Waals surface area contributed by atoms with E-state index in [-0.39, 0.29) is 23.2 Å². The summed E-state index contributed by atoms with van der Waals surface area (Å²) in [5.41, 5.74) is -0.926. The van der Waals surface area contributed by atoms with Crippen molar-refractivity contribution in [2.45, 2.75) is 36.4 Å². The van der Waals surface area contributed by atoms with Crippen molar-refractivity contribution in [3.63, 3.8) is 0 Å². The molecule has 6 nitrogen and oxygen atoms in total. The summed E-state index contributed by atoms with van der Waals surface area (Å²) in [6.45, 7) is 1.85. The normalized spacial score (nSPS) is 27.4. The Bertz CT molecular complexity index is 897. The molecule has 24 heavy (non-hydrogen) atoms.